The third-order valence-corrected chi connectivity index (χ3v) is 5.04. The zero-order valence-corrected chi connectivity index (χ0v) is 12.5. The highest BCUT2D eigenvalue weighted by molar-refractivity contribution is 7.91. The number of sulfone groups is 1. The topological polar surface area (TPSA) is 74.8 Å². The van der Waals surface area contributed by atoms with Crippen molar-refractivity contribution in [1.29, 1.82) is 0 Å². The van der Waals surface area contributed by atoms with Gasteiger partial charge in [0.05, 0.1) is 16.8 Å². The van der Waals surface area contributed by atoms with Crippen LogP contribution in [0.4, 0.5) is 5.69 Å². The molecule has 2 N–H and O–H groups in total. The monoisotopic (exact) mass is 293 g/mol. The molecule has 108 valence electrons. The van der Waals surface area contributed by atoms with Gasteiger partial charge in [-0.2, -0.15) is 5.10 Å². The van der Waals surface area contributed by atoms with Crippen LogP contribution in [0.5, 0.6) is 0 Å². The molecule has 20 heavy (non-hydrogen) atoms. The van der Waals surface area contributed by atoms with Gasteiger partial charge in [-0.1, -0.05) is 6.92 Å². The smallest absolute Gasteiger partial charge is 0.178 e. The summed E-state index contributed by atoms with van der Waals surface area (Å²) in [5.41, 5.74) is 3.01. The molecule has 0 radical (unpaired) electrons. The molecular weight excluding hydrogens is 274 g/mol. The Labute approximate surface area is 119 Å². The Hall–Kier alpha value is -1.82. The van der Waals surface area contributed by atoms with Crippen LogP contribution in [-0.4, -0.2) is 24.4 Å². The maximum absolute atomic E-state index is 11.9. The molecule has 0 fully saturated rings. The Morgan fingerprint density at radius 2 is 1.95 bits per heavy atom. The SMILES string of the molecule is CCCS(=O)(=O)c1ccc(NCc2cn[nH]c2C)cc1. The second-order valence-electron chi connectivity index (χ2n) is 4.72. The van der Waals surface area contributed by atoms with E-state index in [0.717, 1.165) is 16.9 Å². The van der Waals surface area contributed by atoms with Crippen molar-refractivity contribution in [2.75, 3.05) is 11.1 Å². The molecule has 0 atom stereocenters. The van der Waals surface area contributed by atoms with E-state index in [1.54, 1.807) is 30.5 Å². The first-order valence-corrected chi connectivity index (χ1v) is 8.23. The predicted molar refractivity (Wildman–Crippen MR) is 79.4 cm³/mol. The highest BCUT2D eigenvalue weighted by atomic mass is 32.2. The lowest BCUT2D eigenvalue weighted by Crippen LogP contribution is -2.06. The normalized spacial score (nSPS) is 11.5. The van der Waals surface area contributed by atoms with Gasteiger partial charge in [-0.3, -0.25) is 5.10 Å². The lowest BCUT2D eigenvalue weighted by atomic mass is 10.2. The zero-order valence-electron chi connectivity index (χ0n) is 11.7. The van der Waals surface area contributed by atoms with E-state index in [1.807, 2.05) is 13.8 Å². The van der Waals surface area contributed by atoms with Crippen molar-refractivity contribution in [3.63, 3.8) is 0 Å². The number of hydrogen-bond acceptors (Lipinski definition) is 4. The third-order valence-electron chi connectivity index (χ3n) is 3.10. The van der Waals surface area contributed by atoms with Crippen LogP contribution in [0.2, 0.25) is 0 Å². The lowest BCUT2D eigenvalue weighted by Gasteiger charge is -2.07. The van der Waals surface area contributed by atoms with Crippen molar-refractivity contribution in [3.8, 4) is 0 Å². The van der Waals surface area contributed by atoms with Crippen molar-refractivity contribution in [1.82, 2.24) is 10.2 Å². The number of anilines is 1. The Morgan fingerprint density at radius 3 is 2.50 bits per heavy atom. The van der Waals surface area contributed by atoms with Gasteiger partial charge in [0.2, 0.25) is 0 Å². The van der Waals surface area contributed by atoms with Crippen LogP contribution < -0.4 is 5.32 Å². The minimum absolute atomic E-state index is 0.188. The summed E-state index contributed by atoms with van der Waals surface area (Å²) in [6, 6.07) is 6.88. The maximum atomic E-state index is 11.9. The van der Waals surface area contributed by atoms with Gasteiger partial charge in [-0.15, -0.1) is 0 Å². The molecule has 0 saturated carbocycles. The van der Waals surface area contributed by atoms with Gasteiger partial charge >= 0.3 is 0 Å². The number of nitrogens with zero attached hydrogens (tertiary/aromatic N) is 1. The number of aromatic nitrogens is 2. The molecule has 1 aromatic carbocycles. The van der Waals surface area contributed by atoms with Crippen molar-refractivity contribution in [2.24, 2.45) is 0 Å². The Balaban J connectivity index is 2.04. The highest BCUT2D eigenvalue weighted by Gasteiger charge is 2.12. The minimum atomic E-state index is -3.13. The predicted octanol–water partition coefficient (Wildman–Crippen LogP) is 2.51. The van der Waals surface area contributed by atoms with Gasteiger partial charge < -0.3 is 5.32 Å². The number of benzene rings is 1. The van der Waals surface area contributed by atoms with Crippen LogP contribution in [-0.2, 0) is 16.4 Å². The largest absolute Gasteiger partial charge is 0.381 e. The van der Waals surface area contributed by atoms with Gasteiger partial charge in [0, 0.05) is 23.5 Å². The number of hydrogen-bond donors (Lipinski definition) is 2. The molecule has 0 spiro atoms. The molecule has 6 heteroatoms. The van der Waals surface area contributed by atoms with Crippen LogP contribution >= 0.6 is 0 Å². The van der Waals surface area contributed by atoms with Crippen LogP contribution in [0.25, 0.3) is 0 Å². The van der Waals surface area contributed by atoms with Crippen LogP contribution in [0.3, 0.4) is 0 Å². The number of nitrogens with one attached hydrogen (secondary N) is 2. The summed E-state index contributed by atoms with van der Waals surface area (Å²) in [6.07, 6.45) is 2.41. The summed E-state index contributed by atoms with van der Waals surface area (Å²) < 4.78 is 23.8. The van der Waals surface area contributed by atoms with Crippen molar-refractivity contribution in [3.05, 3.63) is 41.7 Å². The van der Waals surface area contributed by atoms with E-state index in [2.05, 4.69) is 15.5 Å². The van der Waals surface area contributed by atoms with E-state index in [1.165, 1.54) is 0 Å². The van der Waals surface area contributed by atoms with Gasteiger partial charge in [0.15, 0.2) is 9.84 Å². The molecule has 0 amide bonds. The fraction of sp³-hybridized carbons (Fsp3) is 0.357. The van der Waals surface area contributed by atoms with E-state index in [-0.39, 0.29) is 5.75 Å². The third kappa shape index (κ3) is 3.39. The summed E-state index contributed by atoms with van der Waals surface area (Å²) in [7, 11) is -3.13. The average Bonchev–Trinajstić information content (AvgIpc) is 2.82. The quantitative estimate of drug-likeness (QED) is 0.858. The van der Waals surface area contributed by atoms with Gasteiger partial charge in [-0.25, -0.2) is 8.42 Å². The Morgan fingerprint density at radius 1 is 1.25 bits per heavy atom. The standard InChI is InChI=1S/C14H19N3O2S/c1-3-8-20(18,19)14-6-4-13(5-7-14)15-9-12-10-16-17-11(12)2/h4-7,10,15H,3,8-9H2,1-2H3,(H,16,17). The molecular formula is C14H19N3O2S. The van der Waals surface area contributed by atoms with Gasteiger partial charge in [-0.05, 0) is 37.6 Å². The first kappa shape index (κ1) is 14.6. The Bertz CT molecular complexity index is 660. The van der Waals surface area contributed by atoms with Gasteiger partial charge in [0.25, 0.3) is 0 Å². The number of aromatic amines is 1. The number of rotatable bonds is 6. The molecule has 0 aliphatic carbocycles. The second-order valence-corrected chi connectivity index (χ2v) is 6.83. The summed E-state index contributed by atoms with van der Waals surface area (Å²) in [4.78, 5) is 0.379. The lowest BCUT2D eigenvalue weighted by molar-refractivity contribution is 0.595. The molecule has 5 nitrogen and oxygen atoms in total. The second kappa shape index (κ2) is 6.09. The van der Waals surface area contributed by atoms with Crippen molar-refractivity contribution in [2.45, 2.75) is 31.7 Å². The van der Waals surface area contributed by atoms with Gasteiger partial charge in [0.1, 0.15) is 0 Å². The van der Waals surface area contributed by atoms with Crippen molar-refractivity contribution < 1.29 is 8.42 Å². The first-order chi connectivity index (χ1) is 9.53. The maximum Gasteiger partial charge on any atom is 0.178 e. The Kier molecular flexibility index (Phi) is 4.44. The van der Waals surface area contributed by atoms with E-state index < -0.39 is 9.84 Å². The van der Waals surface area contributed by atoms with Crippen LogP contribution in [0.15, 0.2) is 35.4 Å². The van der Waals surface area contributed by atoms with E-state index in [0.29, 0.717) is 17.9 Å². The highest BCUT2D eigenvalue weighted by Crippen LogP contribution is 2.17. The van der Waals surface area contributed by atoms with Crippen LogP contribution in [0.1, 0.15) is 24.6 Å². The zero-order chi connectivity index (χ0) is 14.6. The molecule has 1 aromatic heterocycles. The molecule has 0 aliphatic rings. The molecule has 0 saturated heterocycles. The summed E-state index contributed by atoms with van der Waals surface area (Å²) in [5, 5.41) is 10.1. The molecule has 2 aromatic rings. The number of aryl methyl sites for hydroxylation is 1. The average molecular weight is 293 g/mol. The molecule has 0 bridgehead atoms. The molecule has 2 rings (SSSR count). The number of H-pyrrole nitrogens is 1. The summed E-state index contributed by atoms with van der Waals surface area (Å²) in [6.45, 7) is 4.48. The summed E-state index contributed by atoms with van der Waals surface area (Å²) in [5.74, 6) is 0.188. The van der Waals surface area contributed by atoms with E-state index in [4.69, 9.17) is 0 Å². The van der Waals surface area contributed by atoms with Crippen molar-refractivity contribution >= 4 is 15.5 Å². The van der Waals surface area contributed by atoms with E-state index >= 15 is 0 Å². The minimum Gasteiger partial charge on any atom is -0.381 e. The molecule has 0 aliphatic heterocycles. The fourth-order valence-corrected chi connectivity index (χ4v) is 3.24. The molecule has 1 heterocycles. The summed E-state index contributed by atoms with van der Waals surface area (Å²) >= 11 is 0. The van der Waals surface area contributed by atoms with Crippen LogP contribution in [0, 0.1) is 6.92 Å². The van der Waals surface area contributed by atoms with E-state index in [9.17, 15) is 8.42 Å². The fourth-order valence-electron chi connectivity index (χ4n) is 1.92. The first-order valence-electron chi connectivity index (χ1n) is 6.58. The molecule has 0 unspecified atom stereocenters.